The Kier molecular flexibility index (Phi) is 10.9. The summed E-state index contributed by atoms with van der Waals surface area (Å²) in [7, 11) is 1.71. The Labute approximate surface area is 171 Å². The molecular formula is C22H30BrNO3. The molecule has 0 N–H and O–H groups in total. The van der Waals surface area contributed by atoms with Crippen molar-refractivity contribution in [3.63, 3.8) is 0 Å². The van der Waals surface area contributed by atoms with Gasteiger partial charge in [-0.1, -0.05) is 28.1 Å². The third kappa shape index (κ3) is 9.68. The molecule has 0 aliphatic heterocycles. The molecule has 148 valence electrons. The second-order valence-electron chi connectivity index (χ2n) is 7.00. The molecule has 1 aromatic heterocycles. The van der Waals surface area contributed by atoms with E-state index >= 15 is 0 Å². The van der Waals surface area contributed by atoms with Crippen LogP contribution in [-0.2, 0) is 4.74 Å². The summed E-state index contributed by atoms with van der Waals surface area (Å²) >= 11 is 3.42. The van der Waals surface area contributed by atoms with E-state index < -0.39 is 0 Å². The minimum atomic E-state index is 0.0417. The molecule has 0 radical (unpaired) electrons. The molecule has 0 aliphatic rings. The smallest absolute Gasteiger partial charge is 0.150 e. The van der Waals surface area contributed by atoms with Crippen molar-refractivity contribution >= 4 is 22.2 Å². The molecule has 0 unspecified atom stereocenters. The lowest BCUT2D eigenvalue weighted by atomic mass is 10.1. The third-order valence-electron chi connectivity index (χ3n) is 3.73. The molecule has 2 rings (SSSR count). The number of alkyl halides is 1. The number of unbranched alkanes of at least 4 members (excludes halogenated alkanes) is 2. The molecule has 2 aromatic rings. The number of methoxy groups -OCH3 is 1. The van der Waals surface area contributed by atoms with Crippen molar-refractivity contribution in [2.24, 2.45) is 0 Å². The molecule has 0 atom stereocenters. The first-order valence-electron chi connectivity index (χ1n) is 9.16. The zero-order valence-electron chi connectivity index (χ0n) is 16.7. The van der Waals surface area contributed by atoms with Gasteiger partial charge in [0.05, 0.1) is 17.9 Å². The van der Waals surface area contributed by atoms with Crippen LogP contribution in [0.3, 0.4) is 0 Å². The van der Waals surface area contributed by atoms with E-state index in [1.54, 1.807) is 25.4 Å². The fraction of sp³-hybridized carbons (Fsp3) is 0.455. The summed E-state index contributed by atoms with van der Waals surface area (Å²) < 4.78 is 10.8. The molecule has 27 heavy (non-hydrogen) atoms. The Morgan fingerprint density at radius 1 is 1.11 bits per heavy atom. The minimum absolute atomic E-state index is 0.0417. The van der Waals surface area contributed by atoms with Crippen molar-refractivity contribution in [3.8, 4) is 17.0 Å². The second kappa shape index (κ2) is 12.6. The van der Waals surface area contributed by atoms with Gasteiger partial charge in [0.1, 0.15) is 12.0 Å². The van der Waals surface area contributed by atoms with Gasteiger partial charge in [0.25, 0.3) is 0 Å². The summed E-state index contributed by atoms with van der Waals surface area (Å²) in [6.45, 7) is 6.75. The van der Waals surface area contributed by atoms with Gasteiger partial charge in [-0.2, -0.15) is 0 Å². The van der Waals surface area contributed by atoms with E-state index in [0.717, 1.165) is 47.9 Å². The highest BCUT2D eigenvalue weighted by Crippen LogP contribution is 2.28. The predicted molar refractivity (Wildman–Crippen MR) is 115 cm³/mol. The molecule has 1 aromatic carbocycles. The number of carbonyl (C=O) groups excluding carboxylic acids is 1. The first-order chi connectivity index (χ1) is 12.9. The maximum Gasteiger partial charge on any atom is 0.150 e. The molecule has 0 amide bonds. The summed E-state index contributed by atoms with van der Waals surface area (Å²) in [6.07, 6.45) is 5.81. The van der Waals surface area contributed by atoms with Gasteiger partial charge in [-0.05, 0) is 64.3 Å². The zero-order chi connectivity index (χ0) is 20.1. The summed E-state index contributed by atoms with van der Waals surface area (Å²) in [6, 6.07) is 11.3. The number of pyridine rings is 1. The highest BCUT2D eigenvalue weighted by atomic mass is 79.9. The number of ether oxygens (including phenoxy) is 2. The van der Waals surface area contributed by atoms with Gasteiger partial charge in [0.2, 0.25) is 0 Å². The normalized spacial score (nSPS) is 10.7. The van der Waals surface area contributed by atoms with Crippen LogP contribution in [0.1, 0.15) is 50.4 Å². The van der Waals surface area contributed by atoms with Crippen LogP contribution in [0.4, 0.5) is 0 Å². The van der Waals surface area contributed by atoms with E-state index in [2.05, 4.69) is 20.9 Å². The van der Waals surface area contributed by atoms with Crippen LogP contribution in [0.2, 0.25) is 0 Å². The molecule has 5 heteroatoms. The number of carbonyl (C=O) groups is 1. The van der Waals surface area contributed by atoms with Gasteiger partial charge in [-0.15, -0.1) is 0 Å². The van der Waals surface area contributed by atoms with Crippen molar-refractivity contribution in [2.75, 3.05) is 19.0 Å². The highest BCUT2D eigenvalue weighted by Gasteiger charge is 2.07. The molecular weight excluding hydrogens is 406 g/mol. The zero-order valence-corrected chi connectivity index (χ0v) is 18.3. The maximum atomic E-state index is 10.9. The monoisotopic (exact) mass is 435 g/mol. The number of rotatable bonds is 8. The predicted octanol–water partition coefficient (Wildman–Crippen LogP) is 5.94. The summed E-state index contributed by atoms with van der Waals surface area (Å²) in [5.41, 5.74) is 2.34. The SMILES string of the molecule is COC(C)(C)C.O=Cc1ccnc(-c2ccccc2OCCCCCBr)c1. The van der Waals surface area contributed by atoms with E-state index in [1.165, 1.54) is 0 Å². The van der Waals surface area contributed by atoms with Crippen molar-refractivity contribution in [1.82, 2.24) is 4.98 Å². The van der Waals surface area contributed by atoms with Gasteiger partial charge in [0.15, 0.2) is 0 Å². The number of benzene rings is 1. The molecule has 0 saturated heterocycles. The Bertz CT molecular complexity index is 683. The van der Waals surface area contributed by atoms with Crippen LogP contribution in [0.25, 0.3) is 11.3 Å². The summed E-state index contributed by atoms with van der Waals surface area (Å²) in [5, 5.41) is 1.03. The number of aromatic nitrogens is 1. The lowest BCUT2D eigenvalue weighted by Crippen LogP contribution is -2.15. The second-order valence-corrected chi connectivity index (χ2v) is 7.80. The Morgan fingerprint density at radius 3 is 2.44 bits per heavy atom. The van der Waals surface area contributed by atoms with E-state index in [1.807, 2.05) is 45.0 Å². The number of aldehydes is 1. The number of hydrogen-bond donors (Lipinski definition) is 0. The molecule has 1 heterocycles. The molecule has 0 spiro atoms. The number of para-hydroxylation sites is 1. The van der Waals surface area contributed by atoms with Crippen LogP contribution < -0.4 is 4.74 Å². The van der Waals surface area contributed by atoms with Crippen LogP contribution >= 0.6 is 15.9 Å². The van der Waals surface area contributed by atoms with Crippen LogP contribution in [0.15, 0.2) is 42.6 Å². The third-order valence-corrected chi connectivity index (χ3v) is 4.29. The van der Waals surface area contributed by atoms with E-state index in [-0.39, 0.29) is 5.60 Å². The fourth-order valence-electron chi connectivity index (χ4n) is 2.03. The molecule has 4 nitrogen and oxygen atoms in total. The van der Waals surface area contributed by atoms with Gasteiger partial charge >= 0.3 is 0 Å². The molecule has 0 fully saturated rings. The van der Waals surface area contributed by atoms with E-state index in [0.29, 0.717) is 12.2 Å². The molecule has 0 saturated carbocycles. The highest BCUT2D eigenvalue weighted by molar-refractivity contribution is 9.09. The standard InChI is InChI=1S/C17H18BrNO2.C5H12O/c18-9-4-1-5-11-21-17-7-3-2-6-15(17)16-12-14(13-20)8-10-19-16;1-5(2,3)6-4/h2-3,6-8,10,12-13H,1,4-5,9,11H2;1-4H3. The van der Waals surface area contributed by atoms with Crippen molar-refractivity contribution < 1.29 is 14.3 Å². The van der Waals surface area contributed by atoms with Crippen molar-refractivity contribution in [2.45, 2.75) is 45.6 Å². The number of nitrogens with zero attached hydrogens (tertiary/aromatic N) is 1. The van der Waals surface area contributed by atoms with Gasteiger partial charge in [-0.3, -0.25) is 9.78 Å². The van der Waals surface area contributed by atoms with Crippen molar-refractivity contribution in [1.29, 1.82) is 0 Å². The summed E-state index contributed by atoms with van der Waals surface area (Å²) in [5.74, 6) is 0.812. The lowest BCUT2D eigenvalue weighted by molar-refractivity contribution is 0.0397. The Balaban J connectivity index is 0.000000527. The average molecular weight is 436 g/mol. The minimum Gasteiger partial charge on any atom is -0.493 e. The number of halogens is 1. The topological polar surface area (TPSA) is 48.4 Å². The van der Waals surface area contributed by atoms with E-state index in [4.69, 9.17) is 9.47 Å². The maximum absolute atomic E-state index is 10.9. The first kappa shape index (κ1) is 23.3. The van der Waals surface area contributed by atoms with Crippen LogP contribution in [-0.4, -0.2) is 35.9 Å². The van der Waals surface area contributed by atoms with Crippen LogP contribution in [0.5, 0.6) is 5.75 Å². The fourth-order valence-corrected chi connectivity index (χ4v) is 2.42. The largest absolute Gasteiger partial charge is 0.493 e. The summed E-state index contributed by atoms with van der Waals surface area (Å²) in [4.78, 5) is 15.2. The molecule has 0 aliphatic carbocycles. The van der Waals surface area contributed by atoms with E-state index in [9.17, 15) is 4.79 Å². The Hall–Kier alpha value is -1.72. The van der Waals surface area contributed by atoms with Crippen molar-refractivity contribution in [3.05, 3.63) is 48.2 Å². The quantitative estimate of drug-likeness (QED) is 0.292. The number of hydrogen-bond acceptors (Lipinski definition) is 4. The first-order valence-corrected chi connectivity index (χ1v) is 10.3. The van der Waals surface area contributed by atoms with Gasteiger partial charge in [-0.25, -0.2) is 0 Å². The van der Waals surface area contributed by atoms with Crippen LogP contribution in [0, 0.1) is 0 Å². The van der Waals surface area contributed by atoms with Gasteiger partial charge < -0.3 is 9.47 Å². The average Bonchev–Trinajstić information content (AvgIpc) is 2.68. The van der Waals surface area contributed by atoms with Gasteiger partial charge in [0, 0.05) is 29.8 Å². The lowest BCUT2D eigenvalue weighted by Gasteiger charge is -2.14. The Morgan fingerprint density at radius 2 is 1.81 bits per heavy atom. The molecule has 0 bridgehead atoms.